The Morgan fingerprint density at radius 2 is 2.17 bits per heavy atom. The van der Waals surface area contributed by atoms with Crippen molar-refractivity contribution in [2.75, 3.05) is 23.7 Å². The predicted octanol–water partition coefficient (Wildman–Crippen LogP) is 2.80. The number of hydrogen-bond acceptors (Lipinski definition) is 6. The second-order valence-corrected chi connectivity index (χ2v) is 6.57. The normalized spacial score (nSPS) is 22.1. The van der Waals surface area contributed by atoms with E-state index in [0.717, 1.165) is 29.9 Å². The molecule has 6 nitrogen and oxygen atoms in total. The molecule has 1 aromatic carbocycles. The molecule has 2 atom stereocenters. The van der Waals surface area contributed by atoms with Crippen LogP contribution in [-0.2, 0) is 0 Å². The molecular weight excluding hydrogens is 314 g/mol. The molecule has 0 aliphatic carbocycles. The van der Waals surface area contributed by atoms with Gasteiger partial charge in [-0.25, -0.2) is 4.98 Å². The molecule has 0 bridgehead atoms. The molecule has 0 saturated carbocycles. The number of nitrogens with one attached hydrogen (secondary N) is 1. The number of rotatable bonds is 1. The van der Waals surface area contributed by atoms with Crippen LogP contribution in [0.3, 0.4) is 0 Å². The molecule has 0 unspecified atom stereocenters. The largest absolute Gasteiger partial charge is 0.450 e. The van der Waals surface area contributed by atoms with Crippen molar-refractivity contribution < 1.29 is 4.42 Å². The SMILES string of the molecule is C[C@@H]1CN(c2nc(N)nc3c2oc2ccc(Cl)cc23)[C@@H](C)CN1. The van der Waals surface area contributed by atoms with E-state index in [9.17, 15) is 0 Å². The van der Waals surface area contributed by atoms with E-state index in [1.54, 1.807) is 6.07 Å². The Hall–Kier alpha value is -2.05. The van der Waals surface area contributed by atoms with Gasteiger partial charge in [-0.3, -0.25) is 0 Å². The summed E-state index contributed by atoms with van der Waals surface area (Å²) in [5, 5.41) is 4.97. The third kappa shape index (κ3) is 2.38. The van der Waals surface area contributed by atoms with Gasteiger partial charge in [-0.05, 0) is 32.0 Å². The van der Waals surface area contributed by atoms with E-state index in [2.05, 4.69) is 34.0 Å². The molecule has 23 heavy (non-hydrogen) atoms. The van der Waals surface area contributed by atoms with Gasteiger partial charge in [-0.15, -0.1) is 0 Å². The number of aromatic nitrogens is 2. The number of nitrogens with two attached hydrogens (primary N) is 1. The van der Waals surface area contributed by atoms with Crippen molar-refractivity contribution in [3.63, 3.8) is 0 Å². The Balaban J connectivity index is 1.97. The van der Waals surface area contributed by atoms with Crippen molar-refractivity contribution in [3.05, 3.63) is 23.2 Å². The minimum Gasteiger partial charge on any atom is -0.450 e. The monoisotopic (exact) mass is 331 g/mol. The Bertz CT molecular complexity index is 893. The maximum absolute atomic E-state index is 6.11. The Morgan fingerprint density at radius 3 is 3.00 bits per heavy atom. The zero-order valence-electron chi connectivity index (χ0n) is 13.0. The summed E-state index contributed by atoms with van der Waals surface area (Å²) in [6.45, 7) is 6.03. The fraction of sp³-hybridized carbons (Fsp3) is 0.375. The van der Waals surface area contributed by atoms with Crippen LogP contribution in [0, 0.1) is 0 Å². The maximum Gasteiger partial charge on any atom is 0.222 e. The maximum atomic E-state index is 6.11. The van der Waals surface area contributed by atoms with Gasteiger partial charge in [-0.1, -0.05) is 11.6 Å². The highest BCUT2D eigenvalue weighted by Gasteiger charge is 2.27. The molecule has 0 spiro atoms. The zero-order valence-corrected chi connectivity index (χ0v) is 13.8. The third-order valence-electron chi connectivity index (χ3n) is 4.31. The van der Waals surface area contributed by atoms with Crippen molar-refractivity contribution in [2.45, 2.75) is 25.9 Å². The van der Waals surface area contributed by atoms with Crippen LogP contribution in [0.15, 0.2) is 22.6 Å². The number of hydrogen-bond donors (Lipinski definition) is 2. The first kappa shape index (κ1) is 14.5. The van der Waals surface area contributed by atoms with E-state index >= 15 is 0 Å². The number of fused-ring (bicyclic) bond motifs is 3. The molecule has 1 aliphatic heterocycles. The lowest BCUT2D eigenvalue weighted by molar-refractivity contribution is 0.422. The van der Waals surface area contributed by atoms with Gasteiger partial charge in [0, 0.05) is 35.6 Å². The smallest absolute Gasteiger partial charge is 0.222 e. The van der Waals surface area contributed by atoms with Gasteiger partial charge in [0.2, 0.25) is 5.95 Å². The van der Waals surface area contributed by atoms with E-state index in [4.69, 9.17) is 21.8 Å². The highest BCUT2D eigenvalue weighted by atomic mass is 35.5. The van der Waals surface area contributed by atoms with Crippen LogP contribution < -0.4 is 16.0 Å². The van der Waals surface area contributed by atoms with Crippen LogP contribution in [0.25, 0.3) is 22.1 Å². The van der Waals surface area contributed by atoms with Crippen molar-refractivity contribution in [2.24, 2.45) is 0 Å². The van der Waals surface area contributed by atoms with Gasteiger partial charge in [0.05, 0.1) is 0 Å². The Labute approximate surface area is 138 Å². The van der Waals surface area contributed by atoms with E-state index in [-0.39, 0.29) is 5.95 Å². The van der Waals surface area contributed by atoms with Crippen molar-refractivity contribution >= 4 is 45.4 Å². The lowest BCUT2D eigenvalue weighted by atomic mass is 10.1. The molecule has 1 saturated heterocycles. The van der Waals surface area contributed by atoms with Crippen LogP contribution in [0.1, 0.15) is 13.8 Å². The molecule has 3 aromatic rings. The average molecular weight is 332 g/mol. The summed E-state index contributed by atoms with van der Waals surface area (Å²) in [5.74, 6) is 0.995. The first-order chi connectivity index (χ1) is 11.0. The van der Waals surface area contributed by atoms with E-state index in [1.165, 1.54) is 0 Å². The summed E-state index contributed by atoms with van der Waals surface area (Å²) in [4.78, 5) is 11.1. The molecular formula is C16H18ClN5O. The van der Waals surface area contributed by atoms with E-state index in [0.29, 0.717) is 28.2 Å². The van der Waals surface area contributed by atoms with Crippen molar-refractivity contribution in [3.8, 4) is 0 Å². The van der Waals surface area contributed by atoms with Gasteiger partial charge in [0.1, 0.15) is 11.1 Å². The molecule has 4 rings (SSSR count). The number of furan rings is 1. The van der Waals surface area contributed by atoms with Gasteiger partial charge >= 0.3 is 0 Å². The molecule has 2 aromatic heterocycles. The fourth-order valence-corrected chi connectivity index (χ4v) is 3.30. The number of benzene rings is 1. The van der Waals surface area contributed by atoms with Crippen molar-refractivity contribution in [1.82, 2.24) is 15.3 Å². The van der Waals surface area contributed by atoms with Crippen LogP contribution in [-0.4, -0.2) is 35.1 Å². The van der Waals surface area contributed by atoms with Crippen LogP contribution >= 0.6 is 11.6 Å². The van der Waals surface area contributed by atoms with Crippen LogP contribution in [0.2, 0.25) is 5.02 Å². The summed E-state index contributed by atoms with van der Waals surface area (Å²) >= 11 is 6.11. The average Bonchev–Trinajstić information content (AvgIpc) is 2.87. The lowest BCUT2D eigenvalue weighted by Crippen LogP contribution is -2.54. The summed E-state index contributed by atoms with van der Waals surface area (Å²) < 4.78 is 6.03. The Morgan fingerprint density at radius 1 is 1.35 bits per heavy atom. The number of nitrogens with zero attached hydrogens (tertiary/aromatic N) is 3. The van der Waals surface area contributed by atoms with Crippen molar-refractivity contribution in [1.29, 1.82) is 0 Å². The number of halogens is 1. The number of piperazine rings is 1. The topological polar surface area (TPSA) is 80.2 Å². The van der Waals surface area contributed by atoms with Crippen LogP contribution in [0.5, 0.6) is 0 Å². The lowest BCUT2D eigenvalue weighted by Gasteiger charge is -2.38. The van der Waals surface area contributed by atoms with Gasteiger partial charge < -0.3 is 20.4 Å². The molecule has 120 valence electrons. The molecule has 1 fully saturated rings. The molecule has 0 amide bonds. The van der Waals surface area contributed by atoms with E-state index < -0.39 is 0 Å². The molecule has 3 N–H and O–H groups in total. The Kier molecular flexibility index (Phi) is 3.32. The highest BCUT2D eigenvalue weighted by molar-refractivity contribution is 6.31. The second kappa shape index (κ2) is 5.25. The first-order valence-corrected chi connectivity index (χ1v) is 8.06. The second-order valence-electron chi connectivity index (χ2n) is 6.14. The predicted molar refractivity (Wildman–Crippen MR) is 93.0 cm³/mol. The summed E-state index contributed by atoms with van der Waals surface area (Å²) in [6.07, 6.45) is 0. The fourth-order valence-electron chi connectivity index (χ4n) is 3.13. The number of nitrogen functional groups attached to an aromatic ring is 1. The molecule has 3 heterocycles. The minimum atomic E-state index is 0.244. The van der Waals surface area contributed by atoms with Gasteiger partial charge in [-0.2, -0.15) is 4.98 Å². The van der Waals surface area contributed by atoms with Gasteiger partial charge in [0.25, 0.3) is 0 Å². The number of anilines is 2. The van der Waals surface area contributed by atoms with Gasteiger partial charge in [0.15, 0.2) is 11.4 Å². The quantitative estimate of drug-likeness (QED) is 0.713. The summed E-state index contributed by atoms with van der Waals surface area (Å²) in [5.41, 5.74) is 8.07. The first-order valence-electron chi connectivity index (χ1n) is 7.68. The molecule has 7 heteroatoms. The summed E-state index contributed by atoms with van der Waals surface area (Å²) in [6, 6.07) is 6.17. The molecule has 1 aliphatic rings. The standard InChI is InChI=1S/C16H18ClN5O/c1-8-7-22(9(2)6-19-8)15-14-13(20-16(18)21-15)11-5-10(17)3-4-12(11)23-14/h3-5,8-9,19H,6-7H2,1-2H3,(H2,18,20,21)/t8-,9+/m1/s1. The highest BCUT2D eigenvalue weighted by Crippen LogP contribution is 2.35. The third-order valence-corrected chi connectivity index (χ3v) is 4.55. The minimum absolute atomic E-state index is 0.244. The summed E-state index contributed by atoms with van der Waals surface area (Å²) in [7, 11) is 0. The van der Waals surface area contributed by atoms with E-state index in [1.807, 2.05) is 12.1 Å². The molecule has 0 radical (unpaired) electrons. The van der Waals surface area contributed by atoms with Crippen LogP contribution in [0.4, 0.5) is 11.8 Å². The zero-order chi connectivity index (χ0) is 16.1.